The molecule has 0 aliphatic carbocycles. The third-order valence-corrected chi connectivity index (χ3v) is 3.99. The molecule has 0 saturated carbocycles. The first-order valence-electron chi connectivity index (χ1n) is 8.68. The minimum absolute atomic E-state index is 0. The van der Waals surface area contributed by atoms with E-state index in [1.807, 2.05) is 41.5 Å². The second kappa shape index (κ2) is 20.1. The van der Waals surface area contributed by atoms with E-state index in [-0.39, 0.29) is 65.0 Å². The Hall–Kier alpha value is -0.621. The van der Waals surface area contributed by atoms with Gasteiger partial charge in [-0.25, -0.2) is 8.42 Å². The van der Waals surface area contributed by atoms with E-state index in [2.05, 4.69) is 4.72 Å². The summed E-state index contributed by atoms with van der Waals surface area (Å²) in [5, 5.41) is 0. The Morgan fingerprint density at radius 3 is 1.63 bits per heavy atom. The molecule has 0 aromatic heterocycles. The molecule has 0 aliphatic rings. The molecule has 2 aromatic rings. The Labute approximate surface area is 205 Å². The zero-order valence-electron chi connectivity index (χ0n) is 17.6. The topological polar surface area (TPSA) is 63.2 Å². The standard InChI is InChI=1S/C14H13NO3S.3C2H6.CH3.Yb/c1-11(16)13-9-5-6-10-14(13)15-19(17,18)12-7-3-2-4-8-12;3*1-2;;/h2-10,15H,1H3;3*1-2H3;1H3;/q;;;;-1;. The van der Waals surface area contributed by atoms with Crippen molar-refractivity contribution in [2.45, 2.75) is 53.4 Å². The largest absolute Gasteiger partial charge is 0.358 e. The van der Waals surface area contributed by atoms with Crippen molar-refractivity contribution in [2.24, 2.45) is 0 Å². The smallest absolute Gasteiger partial charge is 0.261 e. The number of benzene rings is 2. The van der Waals surface area contributed by atoms with E-state index in [1.54, 1.807) is 42.5 Å². The molecular formula is C21H34NO3SYb-. The van der Waals surface area contributed by atoms with Gasteiger partial charge in [-0.3, -0.25) is 9.52 Å². The predicted molar refractivity (Wildman–Crippen MR) is 114 cm³/mol. The van der Waals surface area contributed by atoms with Crippen LogP contribution in [0.3, 0.4) is 0 Å². The van der Waals surface area contributed by atoms with Gasteiger partial charge in [-0.15, -0.1) is 0 Å². The molecular weight excluding hydrogens is 519 g/mol. The van der Waals surface area contributed by atoms with Crippen LogP contribution in [0.5, 0.6) is 0 Å². The molecule has 0 aliphatic heterocycles. The van der Waals surface area contributed by atoms with Crippen molar-refractivity contribution in [3.05, 3.63) is 67.6 Å². The van der Waals surface area contributed by atoms with Crippen LogP contribution in [0, 0.1) is 54.4 Å². The van der Waals surface area contributed by atoms with Gasteiger partial charge in [0.25, 0.3) is 10.0 Å². The Morgan fingerprint density at radius 2 is 1.19 bits per heavy atom. The average molecular weight is 554 g/mol. The van der Waals surface area contributed by atoms with Crippen LogP contribution in [0.2, 0.25) is 0 Å². The van der Waals surface area contributed by atoms with E-state index < -0.39 is 10.0 Å². The summed E-state index contributed by atoms with van der Waals surface area (Å²) in [5.41, 5.74) is 0.640. The van der Waals surface area contributed by atoms with Crippen molar-refractivity contribution in [3.63, 3.8) is 0 Å². The van der Waals surface area contributed by atoms with Gasteiger partial charge in [-0.1, -0.05) is 71.9 Å². The van der Waals surface area contributed by atoms with E-state index in [0.717, 1.165) is 0 Å². The predicted octanol–water partition coefficient (Wildman–Crippen LogP) is 6.22. The maximum absolute atomic E-state index is 12.2. The molecule has 0 radical (unpaired) electrons. The van der Waals surface area contributed by atoms with Gasteiger partial charge in [-0.2, -0.15) is 0 Å². The molecule has 1 N–H and O–H groups in total. The van der Waals surface area contributed by atoms with E-state index >= 15 is 0 Å². The number of Topliss-reactive ketones (excluding diaryl/α,β-unsaturated/α-hetero) is 1. The molecule has 0 unspecified atom stereocenters. The van der Waals surface area contributed by atoms with Crippen molar-refractivity contribution in [3.8, 4) is 0 Å². The van der Waals surface area contributed by atoms with Crippen LogP contribution in [-0.4, -0.2) is 14.2 Å². The second-order valence-corrected chi connectivity index (χ2v) is 5.70. The molecule has 27 heavy (non-hydrogen) atoms. The Morgan fingerprint density at radius 1 is 0.778 bits per heavy atom. The van der Waals surface area contributed by atoms with Crippen LogP contribution < -0.4 is 4.72 Å². The summed E-state index contributed by atoms with van der Waals surface area (Å²) < 4.78 is 26.7. The number of carbonyl (C=O) groups excluding carboxylic acids is 1. The number of anilines is 1. The quantitative estimate of drug-likeness (QED) is 0.361. The number of nitrogens with one attached hydrogen (secondary N) is 1. The van der Waals surface area contributed by atoms with Crippen molar-refractivity contribution < 1.29 is 60.1 Å². The zero-order valence-corrected chi connectivity index (χ0v) is 20.1. The SMILES string of the molecule is CC.CC.CC.CC(=O)c1ccccc1NS(=O)(=O)c1ccccc1.[CH3-].[Yb]. The number of carbonyl (C=O) groups is 1. The monoisotopic (exact) mass is 554 g/mol. The van der Waals surface area contributed by atoms with Crippen LogP contribution in [-0.2, 0) is 10.0 Å². The normalized spacial score (nSPS) is 8.41. The minimum Gasteiger partial charge on any atom is -0.358 e. The van der Waals surface area contributed by atoms with Gasteiger partial charge in [0, 0.05) is 52.5 Å². The molecule has 6 heteroatoms. The van der Waals surface area contributed by atoms with Gasteiger partial charge in [0.2, 0.25) is 0 Å². The number of hydrogen-bond acceptors (Lipinski definition) is 3. The van der Waals surface area contributed by atoms with Gasteiger partial charge in [0.15, 0.2) is 5.78 Å². The molecule has 0 bridgehead atoms. The summed E-state index contributed by atoms with van der Waals surface area (Å²) in [6.07, 6.45) is 0. The number of rotatable bonds is 4. The molecule has 0 spiro atoms. The zero-order chi connectivity index (χ0) is 19.9. The number of hydrogen-bond donors (Lipinski definition) is 1. The van der Waals surface area contributed by atoms with E-state index in [4.69, 9.17) is 0 Å². The van der Waals surface area contributed by atoms with Crippen LogP contribution in [0.15, 0.2) is 59.5 Å². The van der Waals surface area contributed by atoms with Crippen molar-refractivity contribution >= 4 is 21.5 Å². The van der Waals surface area contributed by atoms with Crippen LogP contribution >= 0.6 is 0 Å². The fourth-order valence-electron chi connectivity index (χ4n) is 1.68. The summed E-state index contributed by atoms with van der Waals surface area (Å²) in [6, 6.07) is 14.5. The molecule has 0 heterocycles. The number of para-hydroxylation sites is 1. The first-order valence-corrected chi connectivity index (χ1v) is 10.2. The molecule has 2 aromatic carbocycles. The van der Waals surface area contributed by atoms with Gasteiger partial charge in [0.1, 0.15) is 0 Å². The first kappa shape index (κ1) is 33.9. The fraction of sp³-hybridized carbons (Fsp3) is 0.333. The molecule has 0 saturated heterocycles. The Balaban J connectivity index is -0.000000301. The second-order valence-electron chi connectivity index (χ2n) is 4.02. The van der Waals surface area contributed by atoms with Crippen molar-refractivity contribution in [1.82, 2.24) is 0 Å². The molecule has 162 valence electrons. The van der Waals surface area contributed by atoms with Gasteiger partial charge >= 0.3 is 0 Å². The summed E-state index contributed by atoms with van der Waals surface area (Å²) in [5.74, 6) is -0.189. The average Bonchev–Trinajstić information content (AvgIpc) is 2.67. The Bertz CT molecular complexity index is 702. The van der Waals surface area contributed by atoms with Crippen LogP contribution in [0.1, 0.15) is 58.8 Å². The molecule has 0 amide bonds. The molecule has 4 nitrogen and oxygen atoms in total. The van der Waals surface area contributed by atoms with Gasteiger partial charge in [-0.05, 0) is 31.2 Å². The first-order chi connectivity index (χ1) is 12.0. The van der Waals surface area contributed by atoms with Crippen molar-refractivity contribution in [2.75, 3.05) is 4.72 Å². The molecule has 2 rings (SSSR count). The Kier molecular flexibility index (Phi) is 25.3. The maximum atomic E-state index is 12.2. The number of sulfonamides is 1. The van der Waals surface area contributed by atoms with E-state index in [1.165, 1.54) is 19.1 Å². The van der Waals surface area contributed by atoms with Crippen LogP contribution in [0.4, 0.5) is 5.69 Å². The fourth-order valence-corrected chi connectivity index (χ4v) is 2.78. The number of ketones is 1. The maximum Gasteiger partial charge on any atom is 0.261 e. The molecule has 0 fully saturated rings. The minimum atomic E-state index is -3.67. The van der Waals surface area contributed by atoms with Gasteiger partial charge in [0.05, 0.1) is 10.6 Å². The third kappa shape index (κ3) is 12.5. The van der Waals surface area contributed by atoms with E-state index in [9.17, 15) is 13.2 Å². The van der Waals surface area contributed by atoms with Crippen molar-refractivity contribution in [1.29, 1.82) is 0 Å². The third-order valence-electron chi connectivity index (χ3n) is 2.60. The summed E-state index contributed by atoms with van der Waals surface area (Å²) in [4.78, 5) is 11.6. The molecule has 0 atom stereocenters. The summed E-state index contributed by atoms with van der Waals surface area (Å²) >= 11 is 0. The van der Waals surface area contributed by atoms with E-state index in [0.29, 0.717) is 11.3 Å². The van der Waals surface area contributed by atoms with Gasteiger partial charge < -0.3 is 7.43 Å². The summed E-state index contributed by atoms with van der Waals surface area (Å²) in [7, 11) is -3.67. The van der Waals surface area contributed by atoms with Crippen LogP contribution in [0.25, 0.3) is 0 Å². The summed E-state index contributed by atoms with van der Waals surface area (Å²) in [6.45, 7) is 13.4.